The van der Waals surface area contributed by atoms with Crippen LogP contribution in [0.25, 0.3) is 0 Å². The highest BCUT2D eigenvalue weighted by Gasteiger charge is 2.32. The van der Waals surface area contributed by atoms with Crippen LogP contribution in [0.4, 0.5) is 4.79 Å². The smallest absolute Gasteiger partial charge is 0.329 e. The molecule has 8 heteroatoms. The van der Waals surface area contributed by atoms with E-state index in [0.29, 0.717) is 0 Å². The summed E-state index contributed by atoms with van der Waals surface area (Å²) >= 11 is 0. The summed E-state index contributed by atoms with van der Waals surface area (Å²) in [6, 6.07) is 7.15. The maximum Gasteiger partial charge on any atom is 0.329 e. The van der Waals surface area contributed by atoms with E-state index in [1.807, 2.05) is 35.6 Å². The molecule has 0 aromatic heterocycles. The second-order valence-corrected chi connectivity index (χ2v) is 6.91. The molecule has 148 valence electrons. The van der Waals surface area contributed by atoms with Crippen molar-refractivity contribution in [2.75, 3.05) is 0 Å². The van der Waals surface area contributed by atoms with E-state index >= 15 is 0 Å². The van der Waals surface area contributed by atoms with Crippen molar-refractivity contribution in [3.63, 3.8) is 0 Å². The molecule has 0 aliphatic heterocycles. The Morgan fingerprint density at radius 1 is 1.00 bits per heavy atom. The molecule has 0 saturated carbocycles. The molecule has 0 fully saturated rings. The first-order valence-corrected chi connectivity index (χ1v) is 8.75. The summed E-state index contributed by atoms with van der Waals surface area (Å²) in [5.74, 6) is -2.53. The molecule has 8 nitrogen and oxygen atoms in total. The molecule has 0 aliphatic carbocycles. The number of rotatable bonds is 8. The molecule has 2 atom stereocenters. The van der Waals surface area contributed by atoms with Gasteiger partial charge in [-0.2, -0.15) is 0 Å². The maximum absolute atomic E-state index is 12.5. The number of urea groups is 1. The van der Waals surface area contributed by atoms with Gasteiger partial charge >= 0.3 is 12.0 Å². The summed E-state index contributed by atoms with van der Waals surface area (Å²) in [5.41, 5.74) is 5.75. The molecule has 4 amide bonds. The molecule has 1 aromatic rings. The van der Waals surface area contributed by atoms with Gasteiger partial charge in [-0.1, -0.05) is 58.0 Å². The van der Waals surface area contributed by atoms with Gasteiger partial charge in [-0.3, -0.25) is 14.9 Å². The van der Waals surface area contributed by atoms with Crippen molar-refractivity contribution < 1.29 is 23.9 Å². The fourth-order valence-electron chi connectivity index (χ4n) is 2.39. The van der Waals surface area contributed by atoms with E-state index in [2.05, 4.69) is 5.32 Å². The largest absolute Gasteiger partial charge is 0.450 e. The predicted molar refractivity (Wildman–Crippen MR) is 99.4 cm³/mol. The highest BCUT2D eigenvalue weighted by Crippen LogP contribution is 2.12. The molecule has 0 radical (unpaired) electrons. The second-order valence-electron chi connectivity index (χ2n) is 6.91. The molecule has 0 aliphatic rings. The Kier molecular flexibility index (Phi) is 8.44. The number of hydrogen-bond donors (Lipinski definition) is 3. The first-order chi connectivity index (χ1) is 12.6. The lowest BCUT2D eigenvalue weighted by molar-refractivity contribution is -0.162. The van der Waals surface area contributed by atoms with E-state index in [-0.39, 0.29) is 24.2 Å². The SMILES string of the molecule is CC(C)[C@H](NC(=O)Cc1ccccc1)C(=O)O[C@H](C(=O)NC(N)=O)C(C)C. The first kappa shape index (κ1) is 22.1. The number of nitrogens with one attached hydrogen (secondary N) is 2. The summed E-state index contributed by atoms with van der Waals surface area (Å²) in [6.45, 7) is 6.83. The van der Waals surface area contributed by atoms with Gasteiger partial charge in [0.1, 0.15) is 6.04 Å². The number of ether oxygens (including phenoxy) is 1. The van der Waals surface area contributed by atoms with Crippen molar-refractivity contribution in [1.29, 1.82) is 0 Å². The Balaban J connectivity index is 2.79. The van der Waals surface area contributed by atoms with Crippen molar-refractivity contribution in [3.8, 4) is 0 Å². The van der Waals surface area contributed by atoms with Gasteiger partial charge in [0, 0.05) is 0 Å². The highest BCUT2D eigenvalue weighted by atomic mass is 16.5. The van der Waals surface area contributed by atoms with E-state index in [9.17, 15) is 19.2 Å². The summed E-state index contributed by atoms with van der Waals surface area (Å²) in [4.78, 5) is 47.7. The number of esters is 1. The van der Waals surface area contributed by atoms with Crippen LogP contribution in [0.5, 0.6) is 0 Å². The van der Waals surface area contributed by atoms with Crippen LogP contribution in [-0.2, 0) is 25.5 Å². The normalized spacial score (nSPS) is 13.0. The Hall–Kier alpha value is -2.90. The minimum atomic E-state index is -1.20. The van der Waals surface area contributed by atoms with Gasteiger partial charge < -0.3 is 15.8 Å². The number of nitrogens with two attached hydrogens (primary N) is 1. The van der Waals surface area contributed by atoms with Gasteiger partial charge in [0.2, 0.25) is 5.91 Å². The standard InChI is InChI=1S/C19H27N3O5/c1-11(2)15(21-14(23)10-13-8-6-5-7-9-13)18(25)27-16(12(3)4)17(24)22-19(20)26/h5-9,11-12,15-16H,10H2,1-4H3,(H,21,23)(H3,20,22,24,26)/t15-,16-/m0/s1. The van der Waals surface area contributed by atoms with Crippen LogP contribution in [0.3, 0.4) is 0 Å². The van der Waals surface area contributed by atoms with Crippen molar-refractivity contribution in [3.05, 3.63) is 35.9 Å². The third kappa shape index (κ3) is 7.47. The Morgan fingerprint density at radius 3 is 2.07 bits per heavy atom. The fraction of sp³-hybridized carbons (Fsp3) is 0.474. The highest BCUT2D eigenvalue weighted by molar-refractivity contribution is 5.97. The van der Waals surface area contributed by atoms with Gasteiger partial charge in [-0.25, -0.2) is 9.59 Å². The zero-order valence-corrected chi connectivity index (χ0v) is 16.0. The zero-order valence-electron chi connectivity index (χ0n) is 16.0. The molecule has 0 saturated heterocycles. The van der Waals surface area contributed by atoms with Crippen LogP contribution in [-0.4, -0.2) is 36.0 Å². The first-order valence-electron chi connectivity index (χ1n) is 8.75. The van der Waals surface area contributed by atoms with Crippen LogP contribution in [0.2, 0.25) is 0 Å². The van der Waals surface area contributed by atoms with Crippen molar-refractivity contribution in [2.45, 2.75) is 46.3 Å². The topological polar surface area (TPSA) is 128 Å². The molecular weight excluding hydrogens is 350 g/mol. The van der Waals surface area contributed by atoms with Gasteiger partial charge in [0.25, 0.3) is 5.91 Å². The minimum absolute atomic E-state index is 0.118. The Morgan fingerprint density at radius 2 is 1.59 bits per heavy atom. The van der Waals surface area contributed by atoms with Crippen molar-refractivity contribution >= 4 is 23.8 Å². The third-order valence-corrected chi connectivity index (χ3v) is 3.80. The van der Waals surface area contributed by atoms with Crippen LogP contribution in [0.15, 0.2) is 30.3 Å². The lowest BCUT2D eigenvalue weighted by atomic mass is 10.0. The third-order valence-electron chi connectivity index (χ3n) is 3.80. The van der Waals surface area contributed by atoms with Gasteiger partial charge in [0.05, 0.1) is 6.42 Å². The molecule has 0 bridgehead atoms. The summed E-state index contributed by atoms with van der Waals surface area (Å²) < 4.78 is 5.28. The number of primary amides is 1. The Bertz CT molecular complexity index is 673. The van der Waals surface area contributed by atoms with E-state index in [0.717, 1.165) is 5.56 Å². The van der Waals surface area contributed by atoms with Gasteiger partial charge in [-0.05, 0) is 17.4 Å². The van der Waals surface area contributed by atoms with E-state index in [4.69, 9.17) is 10.5 Å². The lowest BCUT2D eigenvalue weighted by Crippen LogP contribution is -2.50. The molecule has 0 heterocycles. The lowest BCUT2D eigenvalue weighted by Gasteiger charge is -2.25. The van der Waals surface area contributed by atoms with Crippen LogP contribution >= 0.6 is 0 Å². The number of carbonyl (C=O) groups is 4. The number of hydrogen-bond acceptors (Lipinski definition) is 5. The number of amides is 4. The molecular formula is C19H27N3O5. The van der Waals surface area contributed by atoms with Crippen LogP contribution in [0, 0.1) is 11.8 Å². The van der Waals surface area contributed by atoms with Gasteiger partial charge in [0.15, 0.2) is 6.10 Å². The molecule has 0 spiro atoms. The zero-order chi connectivity index (χ0) is 20.6. The van der Waals surface area contributed by atoms with E-state index in [1.54, 1.807) is 27.7 Å². The van der Waals surface area contributed by atoms with Crippen LogP contribution in [0.1, 0.15) is 33.3 Å². The average Bonchev–Trinajstić information content (AvgIpc) is 2.56. The number of carbonyl (C=O) groups excluding carboxylic acids is 4. The number of benzene rings is 1. The monoisotopic (exact) mass is 377 g/mol. The summed E-state index contributed by atoms with van der Waals surface area (Å²) in [6.07, 6.45) is -1.08. The fourth-order valence-corrected chi connectivity index (χ4v) is 2.39. The average molecular weight is 377 g/mol. The predicted octanol–water partition coefficient (Wildman–Crippen LogP) is 1.13. The summed E-state index contributed by atoms with van der Waals surface area (Å²) in [5, 5.41) is 4.56. The molecule has 27 heavy (non-hydrogen) atoms. The number of imide groups is 1. The van der Waals surface area contributed by atoms with E-state index < -0.39 is 30.1 Å². The van der Waals surface area contributed by atoms with Gasteiger partial charge in [-0.15, -0.1) is 0 Å². The molecule has 1 rings (SSSR count). The second kappa shape index (κ2) is 10.3. The molecule has 0 unspecified atom stereocenters. The Labute approximate surface area is 158 Å². The minimum Gasteiger partial charge on any atom is -0.450 e. The molecule has 4 N–H and O–H groups in total. The van der Waals surface area contributed by atoms with Crippen molar-refractivity contribution in [2.24, 2.45) is 17.6 Å². The molecule has 1 aromatic carbocycles. The summed E-state index contributed by atoms with van der Waals surface area (Å²) in [7, 11) is 0. The van der Waals surface area contributed by atoms with Crippen molar-refractivity contribution in [1.82, 2.24) is 10.6 Å². The van der Waals surface area contributed by atoms with E-state index in [1.165, 1.54) is 0 Å². The maximum atomic E-state index is 12.5. The quantitative estimate of drug-likeness (QED) is 0.585. The van der Waals surface area contributed by atoms with Crippen LogP contribution < -0.4 is 16.4 Å².